The van der Waals surface area contributed by atoms with E-state index in [1.807, 2.05) is 25.1 Å². The van der Waals surface area contributed by atoms with Crippen molar-refractivity contribution in [1.82, 2.24) is 5.32 Å². The summed E-state index contributed by atoms with van der Waals surface area (Å²) in [6.07, 6.45) is 0. The molecular formula is C18H23NO. The molecule has 0 saturated carbocycles. The Morgan fingerprint density at radius 3 is 2.35 bits per heavy atom. The minimum Gasteiger partial charge on any atom is -0.493 e. The topological polar surface area (TPSA) is 21.3 Å². The maximum absolute atomic E-state index is 5.70. The van der Waals surface area contributed by atoms with Gasteiger partial charge in [0.05, 0.1) is 6.61 Å². The normalized spacial score (nSPS) is 12.2. The molecule has 1 atom stereocenters. The monoisotopic (exact) mass is 269 g/mol. The molecule has 1 N–H and O–H groups in total. The second kappa shape index (κ2) is 7.11. The van der Waals surface area contributed by atoms with E-state index in [2.05, 4.69) is 49.5 Å². The van der Waals surface area contributed by atoms with Crippen LogP contribution in [0.1, 0.15) is 32.4 Å². The van der Waals surface area contributed by atoms with Crippen molar-refractivity contribution in [2.24, 2.45) is 0 Å². The van der Waals surface area contributed by atoms with E-state index in [9.17, 15) is 0 Å². The number of nitrogens with one attached hydrogen (secondary N) is 1. The summed E-state index contributed by atoms with van der Waals surface area (Å²) in [5, 5.41) is 3.43. The Kier molecular flexibility index (Phi) is 5.19. The van der Waals surface area contributed by atoms with Gasteiger partial charge < -0.3 is 10.1 Å². The molecule has 0 radical (unpaired) electrons. The van der Waals surface area contributed by atoms with Crippen LogP contribution in [0, 0.1) is 0 Å². The van der Waals surface area contributed by atoms with Crippen LogP contribution in [0.3, 0.4) is 0 Å². The van der Waals surface area contributed by atoms with Crippen molar-refractivity contribution in [3.05, 3.63) is 54.1 Å². The van der Waals surface area contributed by atoms with Gasteiger partial charge in [-0.25, -0.2) is 0 Å². The Morgan fingerprint density at radius 1 is 1.00 bits per heavy atom. The summed E-state index contributed by atoms with van der Waals surface area (Å²) in [5.74, 6) is 0.947. The molecule has 0 bridgehead atoms. The molecule has 2 aromatic carbocycles. The van der Waals surface area contributed by atoms with Crippen molar-refractivity contribution in [2.75, 3.05) is 13.2 Å². The Hall–Kier alpha value is -1.80. The lowest BCUT2D eigenvalue weighted by molar-refractivity contribution is 0.341. The average molecular weight is 269 g/mol. The van der Waals surface area contributed by atoms with Gasteiger partial charge >= 0.3 is 0 Å². The van der Waals surface area contributed by atoms with Gasteiger partial charge in [0.25, 0.3) is 0 Å². The summed E-state index contributed by atoms with van der Waals surface area (Å²) < 4.78 is 5.70. The van der Waals surface area contributed by atoms with Crippen LogP contribution in [0.5, 0.6) is 5.75 Å². The van der Waals surface area contributed by atoms with Crippen LogP contribution in [-0.2, 0) is 0 Å². The van der Waals surface area contributed by atoms with Crippen molar-refractivity contribution in [3.63, 3.8) is 0 Å². The highest BCUT2D eigenvalue weighted by Crippen LogP contribution is 2.30. The van der Waals surface area contributed by atoms with Crippen molar-refractivity contribution >= 4 is 0 Å². The van der Waals surface area contributed by atoms with Gasteiger partial charge in [-0.3, -0.25) is 0 Å². The third-order valence-electron chi connectivity index (χ3n) is 3.42. The smallest absolute Gasteiger partial charge is 0.127 e. The van der Waals surface area contributed by atoms with Crippen LogP contribution in [-0.4, -0.2) is 13.2 Å². The summed E-state index contributed by atoms with van der Waals surface area (Å²) in [6, 6.07) is 17.3. The number of hydrogen-bond donors (Lipinski definition) is 1. The molecule has 0 aliphatic carbocycles. The summed E-state index contributed by atoms with van der Waals surface area (Å²) in [5.41, 5.74) is 3.66. The molecule has 0 saturated heterocycles. The first-order valence-electron chi connectivity index (χ1n) is 7.31. The van der Waals surface area contributed by atoms with E-state index in [0.29, 0.717) is 12.6 Å². The SMILES string of the molecule is CCNC(C)c1ccc(-c2ccccc2OCC)cc1. The maximum atomic E-state index is 5.70. The molecule has 20 heavy (non-hydrogen) atoms. The summed E-state index contributed by atoms with van der Waals surface area (Å²) in [4.78, 5) is 0. The van der Waals surface area contributed by atoms with Gasteiger partial charge in [0, 0.05) is 11.6 Å². The molecular weight excluding hydrogens is 246 g/mol. The van der Waals surface area contributed by atoms with E-state index < -0.39 is 0 Å². The number of rotatable bonds is 6. The van der Waals surface area contributed by atoms with Gasteiger partial charge in [-0.2, -0.15) is 0 Å². The third kappa shape index (κ3) is 3.40. The summed E-state index contributed by atoms with van der Waals surface area (Å²) >= 11 is 0. The van der Waals surface area contributed by atoms with Crippen LogP contribution in [0.25, 0.3) is 11.1 Å². The number of benzene rings is 2. The molecule has 106 valence electrons. The lowest BCUT2D eigenvalue weighted by atomic mass is 10.0. The fourth-order valence-corrected chi connectivity index (χ4v) is 2.36. The fourth-order valence-electron chi connectivity index (χ4n) is 2.36. The Morgan fingerprint density at radius 2 is 1.70 bits per heavy atom. The van der Waals surface area contributed by atoms with Gasteiger partial charge in [-0.15, -0.1) is 0 Å². The van der Waals surface area contributed by atoms with Gasteiger partial charge in [0.2, 0.25) is 0 Å². The van der Waals surface area contributed by atoms with E-state index in [-0.39, 0.29) is 0 Å². The predicted molar refractivity (Wildman–Crippen MR) is 85.1 cm³/mol. The first kappa shape index (κ1) is 14.6. The summed E-state index contributed by atoms with van der Waals surface area (Å²) in [6.45, 7) is 8.00. The number of ether oxygens (including phenoxy) is 1. The zero-order chi connectivity index (χ0) is 14.4. The van der Waals surface area contributed by atoms with E-state index >= 15 is 0 Å². The minimum atomic E-state index is 0.385. The van der Waals surface area contributed by atoms with Crippen molar-refractivity contribution in [3.8, 4) is 16.9 Å². The molecule has 2 aromatic rings. The molecule has 0 aromatic heterocycles. The molecule has 0 heterocycles. The lowest BCUT2D eigenvalue weighted by Gasteiger charge is -2.14. The zero-order valence-corrected chi connectivity index (χ0v) is 12.5. The summed E-state index contributed by atoms with van der Waals surface area (Å²) in [7, 11) is 0. The highest BCUT2D eigenvalue weighted by atomic mass is 16.5. The van der Waals surface area contributed by atoms with Crippen LogP contribution < -0.4 is 10.1 Å². The first-order valence-corrected chi connectivity index (χ1v) is 7.31. The van der Waals surface area contributed by atoms with Crippen molar-refractivity contribution in [1.29, 1.82) is 0 Å². The van der Waals surface area contributed by atoms with E-state index in [4.69, 9.17) is 4.74 Å². The quantitative estimate of drug-likeness (QED) is 0.838. The number of hydrogen-bond acceptors (Lipinski definition) is 2. The second-order valence-corrected chi connectivity index (χ2v) is 4.83. The molecule has 0 aliphatic heterocycles. The Balaban J connectivity index is 2.26. The molecule has 2 nitrogen and oxygen atoms in total. The van der Waals surface area contributed by atoms with Gasteiger partial charge in [-0.1, -0.05) is 49.4 Å². The molecule has 0 aliphatic rings. The van der Waals surface area contributed by atoms with Crippen LogP contribution in [0.4, 0.5) is 0 Å². The van der Waals surface area contributed by atoms with Gasteiger partial charge in [0.15, 0.2) is 0 Å². The van der Waals surface area contributed by atoms with Crippen LogP contribution in [0.15, 0.2) is 48.5 Å². The zero-order valence-electron chi connectivity index (χ0n) is 12.5. The fraction of sp³-hybridized carbons (Fsp3) is 0.333. The highest BCUT2D eigenvalue weighted by molar-refractivity contribution is 5.70. The second-order valence-electron chi connectivity index (χ2n) is 4.83. The number of para-hydroxylation sites is 1. The average Bonchev–Trinajstić information content (AvgIpc) is 2.49. The van der Waals surface area contributed by atoms with Crippen molar-refractivity contribution < 1.29 is 4.74 Å². The first-order chi connectivity index (χ1) is 9.76. The molecule has 2 heteroatoms. The molecule has 0 spiro atoms. The largest absolute Gasteiger partial charge is 0.493 e. The molecule has 2 rings (SSSR count). The van der Waals surface area contributed by atoms with E-state index in [0.717, 1.165) is 17.9 Å². The van der Waals surface area contributed by atoms with Gasteiger partial charge in [0.1, 0.15) is 5.75 Å². The van der Waals surface area contributed by atoms with Gasteiger partial charge in [-0.05, 0) is 37.6 Å². The van der Waals surface area contributed by atoms with Crippen LogP contribution in [0.2, 0.25) is 0 Å². The third-order valence-corrected chi connectivity index (χ3v) is 3.42. The molecule has 0 fully saturated rings. The Bertz CT molecular complexity index is 533. The highest BCUT2D eigenvalue weighted by Gasteiger charge is 2.07. The van der Waals surface area contributed by atoms with Crippen LogP contribution >= 0.6 is 0 Å². The molecule has 1 unspecified atom stereocenters. The lowest BCUT2D eigenvalue weighted by Crippen LogP contribution is -2.17. The molecule has 0 amide bonds. The minimum absolute atomic E-state index is 0.385. The predicted octanol–water partition coefficient (Wildman–Crippen LogP) is 4.42. The Labute approximate surface area is 121 Å². The van der Waals surface area contributed by atoms with E-state index in [1.54, 1.807) is 0 Å². The standard InChI is InChI=1S/C18H23NO/c1-4-19-14(3)15-10-12-16(13-11-15)17-8-6-7-9-18(17)20-5-2/h6-14,19H,4-5H2,1-3H3. The van der Waals surface area contributed by atoms with E-state index in [1.165, 1.54) is 11.1 Å². The maximum Gasteiger partial charge on any atom is 0.127 e. The van der Waals surface area contributed by atoms with Crippen molar-refractivity contribution in [2.45, 2.75) is 26.8 Å².